The Bertz CT molecular complexity index is 1160. The second-order valence-corrected chi connectivity index (χ2v) is 10.2. The van der Waals surface area contributed by atoms with Crippen molar-refractivity contribution in [3.63, 3.8) is 0 Å². The van der Waals surface area contributed by atoms with E-state index in [0.29, 0.717) is 17.4 Å². The summed E-state index contributed by atoms with van der Waals surface area (Å²) < 4.78 is 0. The van der Waals surface area contributed by atoms with E-state index in [1.54, 1.807) is 4.90 Å². The van der Waals surface area contributed by atoms with Gasteiger partial charge in [0, 0.05) is 11.3 Å². The summed E-state index contributed by atoms with van der Waals surface area (Å²) in [4.78, 5) is 37.7. The predicted molar refractivity (Wildman–Crippen MR) is 136 cm³/mol. The lowest BCUT2D eigenvalue weighted by molar-refractivity contribution is -0.125. The van der Waals surface area contributed by atoms with Crippen LogP contribution in [0.25, 0.3) is 0 Å². The Kier molecular flexibility index (Phi) is 6.43. The highest BCUT2D eigenvalue weighted by Gasteiger charge is 2.43. The van der Waals surface area contributed by atoms with Crippen LogP contribution in [0.4, 0.5) is 11.4 Å². The van der Waals surface area contributed by atoms with E-state index in [9.17, 15) is 9.59 Å². The van der Waals surface area contributed by atoms with Crippen molar-refractivity contribution in [3.05, 3.63) is 58.7 Å². The fourth-order valence-electron chi connectivity index (χ4n) is 4.31. The van der Waals surface area contributed by atoms with E-state index >= 15 is 0 Å². The van der Waals surface area contributed by atoms with E-state index in [1.807, 2.05) is 65.8 Å². The summed E-state index contributed by atoms with van der Waals surface area (Å²) in [6, 6.07) is 11.4. The monoisotopic (exact) mass is 462 g/mol. The van der Waals surface area contributed by atoms with Crippen LogP contribution in [0.3, 0.4) is 0 Å². The van der Waals surface area contributed by atoms with E-state index in [2.05, 4.69) is 17.4 Å². The molecule has 2 amide bonds. The zero-order valence-corrected chi connectivity index (χ0v) is 20.8. The second-order valence-electron chi connectivity index (χ2n) is 9.00. The van der Waals surface area contributed by atoms with Crippen molar-refractivity contribution < 1.29 is 9.59 Å². The molecule has 0 aliphatic carbocycles. The Morgan fingerprint density at radius 3 is 2.45 bits per heavy atom. The number of hydrogen-bond donors (Lipinski definition) is 1. The molecule has 2 aromatic rings. The largest absolute Gasteiger partial charge is 0.325 e. The van der Waals surface area contributed by atoms with Gasteiger partial charge in [-0.25, -0.2) is 9.89 Å². The van der Waals surface area contributed by atoms with E-state index < -0.39 is 11.3 Å². The van der Waals surface area contributed by atoms with Crippen LogP contribution in [-0.4, -0.2) is 39.0 Å². The van der Waals surface area contributed by atoms with Crippen LogP contribution < -0.4 is 5.32 Å². The molecule has 1 N–H and O–H groups in total. The molecule has 2 aliphatic heterocycles. The van der Waals surface area contributed by atoms with Crippen LogP contribution in [0.5, 0.6) is 0 Å². The molecule has 2 heterocycles. The highest BCUT2D eigenvalue weighted by atomic mass is 32.2. The number of carbonyl (C=O) groups excluding carboxylic acids is 2. The van der Waals surface area contributed by atoms with Gasteiger partial charge < -0.3 is 5.32 Å². The molecule has 2 atom stereocenters. The molecule has 7 heteroatoms. The summed E-state index contributed by atoms with van der Waals surface area (Å²) in [5.41, 5.74) is 5.70. The van der Waals surface area contributed by atoms with Gasteiger partial charge in [0.2, 0.25) is 5.91 Å². The molecule has 0 radical (unpaired) electrons. The molecule has 0 unspecified atom stereocenters. The average Bonchev–Trinajstić information content (AvgIpc) is 3.12. The molecule has 172 valence electrons. The molecule has 0 fully saturated rings. The number of rotatable bonds is 5. The Labute approximate surface area is 199 Å². The van der Waals surface area contributed by atoms with Crippen molar-refractivity contribution in [2.24, 2.45) is 15.9 Å². The number of para-hydroxylation sites is 1. The van der Waals surface area contributed by atoms with Gasteiger partial charge in [0.1, 0.15) is 11.9 Å². The minimum absolute atomic E-state index is 0.0757. The van der Waals surface area contributed by atoms with Crippen molar-refractivity contribution in [1.82, 2.24) is 4.90 Å². The van der Waals surface area contributed by atoms with Crippen molar-refractivity contribution in [2.75, 3.05) is 5.32 Å². The number of nitrogens with zero attached hydrogens (tertiary/aromatic N) is 3. The molecule has 33 heavy (non-hydrogen) atoms. The van der Waals surface area contributed by atoms with Crippen LogP contribution in [0.1, 0.15) is 49.4 Å². The summed E-state index contributed by atoms with van der Waals surface area (Å²) in [6.45, 7) is 12.0. The number of amidine groups is 2. The van der Waals surface area contributed by atoms with Gasteiger partial charge in [0.05, 0.1) is 10.9 Å². The first-order valence-electron chi connectivity index (χ1n) is 11.4. The summed E-state index contributed by atoms with van der Waals surface area (Å²) in [6.07, 6.45) is 0.600. The fraction of sp³-hybridized carbons (Fsp3) is 0.385. The zero-order chi connectivity index (χ0) is 23.9. The maximum atomic E-state index is 13.3. The minimum Gasteiger partial charge on any atom is -0.325 e. The van der Waals surface area contributed by atoms with Gasteiger partial charge in [0.15, 0.2) is 5.17 Å². The minimum atomic E-state index is -0.441. The Morgan fingerprint density at radius 2 is 1.82 bits per heavy atom. The molecule has 0 bridgehead atoms. The van der Waals surface area contributed by atoms with Gasteiger partial charge in [-0.1, -0.05) is 62.4 Å². The second kappa shape index (κ2) is 9.14. The van der Waals surface area contributed by atoms with E-state index in [1.165, 1.54) is 17.3 Å². The smallest absolute Gasteiger partial charge is 0.259 e. The molecule has 2 aliphatic rings. The van der Waals surface area contributed by atoms with Crippen LogP contribution in [0.2, 0.25) is 0 Å². The van der Waals surface area contributed by atoms with E-state index in [0.717, 1.165) is 28.1 Å². The summed E-state index contributed by atoms with van der Waals surface area (Å²) in [7, 11) is 0. The molecule has 0 saturated carbocycles. The third kappa shape index (κ3) is 4.34. The third-order valence-electron chi connectivity index (χ3n) is 5.97. The molecule has 4 rings (SSSR count). The highest BCUT2D eigenvalue weighted by molar-refractivity contribution is 8.15. The molecular formula is C26H30N4O2S. The SMILES string of the molecule is CC[C@@H](SC1=Nc2ccccc2C2=N[C@H](C(C)C)C(=O)N12)C(=O)Nc1c(C)cc(C)cc1C. The first-order chi connectivity index (χ1) is 15.7. The molecular weight excluding hydrogens is 432 g/mol. The number of nitrogens with one attached hydrogen (secondary N) is 1. The van der Waals surface area contributed by atoms with Crippen molar-refractivity contribution in [3.8, 4) is 0 Å². The zero-order valence-electron chi connectivity index (χ0n) is 20.0. The summed E-state index contributed by atoms with van der Waals surface area (Å²) >= 11 is 1.33. The Hall–Kier alpha value is -2.93. The molecule has 0 aromatic heterocycles. The first-order valence-corrected chi connectivity index (χ1v) is 12.2. The van der Waals surface area contributed by atoms with Crippen molar-refractivity contribution in [1.29, 1.82) is 0 Å². The topological polar surface area (TPSA) is 74.1 Å². The van der Waals surface area contributed by atoms with Crippen molar-refractivity contribution in [2.45, 2.75) is 59.3 Å². The van der Waals surface area contributed by atoms with Crippen LogP contribution in [-0.2, 0) is 9.59 Å². The molecule has 6 nitrogen and oxygen atoms in total. The Morgan fingerprint density at radius 1 is 1.15 bits per heavy atom. The van der Waals surface area contributed by atoms with Crippen LogP contribution in [0.15, 0.2) is 46.4 Å². The highest BCUT2D eigenvalue weighted by Crippen LogP contribution is 2.36. The normalized spacial score (nSPS) is 18.0. The number of carbonyl (C=O) groups is 2. The number of aliphatic imine (C=N–C) groups is 2. The maximum absolute atomic E-state index is 13.3. The van der Waals surface area contributed by atoms with Crippen LogP contribution in [0, 0.1) is 26.7 Å². The fourth-order valence-corrected chi connectivity index (χ4v) is 5.33. The summed E-state index contributed by atoms with van der Waals surface area (Å²) in [5, 5.41) is 3.23. The van der Waals surface area contributed by atoms with Crippen LogP contribution >= 0.6 is 11.8 Å². The lowest BCUT2D eigenvalue weighted by Gasteiger charge is -2.27. The van der Waals surface area contributed by atoms with Gasteiger partial charge in [-0.3, -0.25) is 14.6 Å². The van der Waals surface area contributed by atoms with Gasteiger partial charge in [-0.05, 0) is 56.4 Å². The van der Waals surface area contributed by atoms with Crippen molar-refractivity contribution >= 4 is 46.0 Å². The molecule has 0 saturated heterocycles. The summed E-state index contributed by atoms with van der Waals surface area (Å²) in [5.74, 6) is 0.532. The lowest BCUT2D eigenvalue weighted by atomic mass is 10.0. The number of aryl methyl sites for hydroxylation is 3. The number of benzene rings is 2. The molecule has 0 spiro atoms. The first kappa shape index (κ1) is 23.2. The average molecular weight is 463 g/mol. The number of thioether (sulfide) groups is 1. The molecule has 2 aromatic carbocycles. The van der Waals surface area contributed by atoms with E-state index in [4.69, 9.17) is 9.98 Å². The van der Waals surface area contributed by atoms with Gasteiger partial charge in [-0.15, -0.1) is 0 Å². The van der Waals surface area contributed by atoms with Gasteiger partial charge >= 0.3 is 0 Å². The number of hydrogen-bond acceptors (Lipinski definition) is 5. The van der Waals surface area contributed by atoms with Gasteiger partial charge in [-0.2, -0.15) is 0 Å². The van der Waals surface area contributed by atoms with Gasteiger partial charge in [0.25, 0.3) is 5.91 Å². The number of anilines is 1. The number of amides is 2. The van der Waals surface area contributed by atoms with E-state index in [-0.39, 0.29) is 17.7 Å². The quantitative estimate of drug-likeness (QED) is 0.649. The Balaban J connectivity index is 1.64. The predicted octanol–water partition coefficient (Wildman–Crippen LogP) is 5.38. The standard InChI is InChI=1S/C26H30N4O2S/c1-7-20(24(31)29-22-16(5)12-15(4)13-17(22)6)33-26-27-19-11-9-8-10-18(19)23-28-21(14(2)3)25(32)30(23)26/h8-14,20-21H,7H2,1-6H3,(H,29,31)/t20-,21-/m1/s1. The lowest BCUT2D eigenvalue weighted by Crippen LogP contribution is -2.43. The third-order valence-corrected chi connectivity index (χ3v) is 7.28. The maximum Gasteiger partial charge on any atom is 0.259 e. The number of fused-ring (bicyclic) bond motifs is 3.